The van der Waals surface area contributed by atoms with E-state index in [0.717, 1.165) is 35.6 Å². The minimum absolute atomic E-state index is 0.904. The summed E-state index contributed by atoms with van der Waals surface area (Å²) in [7, 11) is 0. The lowest BCUT2D eigenvalue weighted by atomic mass is 9.60. The molecular formula is C16H29N. The molecule has 98 valence electrons. The van der Waals surface area contributed by atoms with Gasteiger partial charge in [0.25, 0.3) is 0 Å². The minimum Gasteiger partial charge on any atom is -0.314 e. The molecule has 0 amide bonds. The molecule has 0 aromatic heterocycles. The normalized spacial score (nSPS) is 46.6. The third kappa shape index (κ3) is 2.70. The molecule has 0 bridgehead atoms. The highest BCUT2D eigenvalue weighted by Gasteiger charge is 2.39. The Balaban J connectivity index is 1.46. The van der Waals surface area contributed by atoms with Crippen molar-refractivity contribution in [2.24, 2.45) is 29.6 Å². The predicted octanol–water partition coefficient (Wildman–Crippen LogP) is 3.84. The van der Waals surface area contributed by atoms with Crippen LogP contribution in [0.2, 0.25) is 0 Å². The van der Waals surface area contributed by atoms with Crippen LogP contribution in [0.1, 0.15) is 58.8 Å². The topological polar surface area (TPSA) is 12.0 Å². The van der Waals surface area contributed by atoms with Crippen molar-refractivity contribution in [1.82, 2.24) is 5.32 Å². The van der Waals surface area contributed by atoms with E-state index in [-0.39, 0.29) is 0 Å². The third-order valence-electron chi connectivity index (χ3n) is 5.97. The van der Waals surface area contributed by atoms with Gasteiger partial charge in [-0.3, -0.25) is 0 Å². The van der Waals surface area contributed by atoms with Gasteiger partial charge in [-0.05, 0) is 74.7 Å². The van der Waals surface area contributed by atoms with Gasteiger partial charge in [0.1, 0.15) is 0 Å². The molecule has 0 radical (unpaired) electrons. The van der Waals surface area contributed by atoms with E-state index in [1.54, 1.807) is 0 Å². The van der Waals surface area contributed by atoms with Gasteiger partial charge in [0, 0.05) is 6.04 Å². The van der Waals surface area contributed by atoms with Gasteiger partial charge in [-0.15, -0.1) is 0 Å². The summed E-state index contributed by atoms with van der Waals surface area (Å²) in [6, 6.07) is 0.904. The molecule has 0 aromatic rings. The molecule has 1 N–H and O–H groups in total. The van der Waals surface area contributed by atoms with Crippen molar-refractivity contribution >= 4 is 0 Å². The smallest absolute Gasteiger partial charge is 0.00683 e. The Bertz CT molecular complexity index is 258. The molecule has 0 aromatic carbocycles. The van der Waals surface area contributed by atoms with Crippen molar-refractivity contribution in [3.63, 3.8) is 0 Å². The molecule has 1 nitrogen and oxygen atoms in total. The second kappa shape index (κ2) is 4.91. The Labute approximate surface area is 107 Å². The van der Waals surface area contributed by atoms with Gasteiger partial charge in [-0.25, -0.2) is 0 Å². The van der Waals surface area contributed by atoms with Crippen molar-refractivity contribution < 1.29 is 0 Å². The van der Waals surface area contributed by atoms with E-state index in [2.05, 4.69) is 19.2 Å². The fourth-order valence-corrected chi connectivity index (χ4v) is 4.05. The molecule has 5 unspecified atom stereocenters. The molecule has 3 rings (SSSR count). The Morgan fingerprint density at radius 3 is 2.29 bits per heavy atom. The highest BCUT2D eigenvalue weighted by atomic mass is 14.9. The summed E-state index contributed by atoms with van der Waals surface area (Å²) in [5.74, 6) is 5.14. The van der Waals surface area contributed by atoms with E-state index in [1.165, 1.54) is 51.5 Å². The quantitative estimate of drug-likeness (QED) is 0.781. The molecule has 5 atom stereocenters. The van der Waals surface area contributed by atoms with Crippen LogP contribution in [0.5, 0.6) is 0 Å². The Morgan fingerprint density at radius 1 is 0.882 bits per heavy atom. The van der Waals surface area contributed by atoms with Gasteiger partial charge in [0.2, 0.25) is 0 Å². The van der Waals surface area contributed by atoms with E-state index in [1.807, 2.05) is 0 Å². The van der Waals surface area contributed by atoms with Gasteiger partial charge in [-0.1, -0.05) is 20.3 Å². The van der Waals surface area contributed by atoms with E-state index in [4.69, 9.17) is 0 Å². The van der Waals surface area contributed by atoms with Crippen molar-refractivity contribution in [1.29, 1.82) is 0 Å². The summed E-state index contributed by atoms with van der Waals surface area (Å²) in [6.07, 6.45) is 10.4. The lowest BCUT2D eigenvalue weighted by Gasteiger charge is -2.46. The van der Waals surface area contributed by atoms with Crippen LogP contribution in [0, 0.1) is 29.6 Å². The fourth-order valence-electron chi connectivity index (χ4n) is 4.05. The van der Waals surface area contributed by atoms with Gasteiger partial charge in [-0.2, -0.15) is 0 Å². The first-order valence-electron chi connectivity index (χ1n) is 7.97. The molecule has 1 heteroatoms. The zero-order valence-electron chi connectivity index (χ0n) is 11.6. The van der Waals surface area contributed by atoms with Gasteiger partial charge in [0.15, 0.2) is 0 Å². The SMILES string of the molecule is CC1CCC(C2CCC2CNC2CC2)CC1C. The summed E-state index contributed by atoms with van der Waals surface area (Å²) in [6.45, 7) is 6.26. The molecule has 0 aliphatic heterocycles. The fraction of sp³-hybridized carbons (Fsp3) is 1.00. The molecular weight excluding hydrogens is 206 g/mol. The minimum atomic E-state index is 0.904. The number of hydrogen-bond donors (Lipinski definition) is 1. The number of rotatable bonds is 4. The Kier molecular flexibility index (Phi) is 3.47. The van der Waals surface area contributed by atoms with Crippen LogP contribution in [0.25, 0.3) is 0 Å². The Morgan fingerprint density at radius 2 is 1.71 bits per heavy atom. The Hall–Kier alpha value is -0.0400. The van der Waals surface area contributed by atoms with E-state index < -0.39 is 0 Å². The van der Waals surface area contributed by atoms with Crippen molar-refractivity contribution in [3.05, 3.63) is 0 Å². The lowest BCUT2D eigenvalue weighted by Crippen LogP contribution is -2.41. The second-order valence-corrected chi connectivity index (χ2v) is 7.21. The number of nitrogens with one attached hydrogen (secondary N) is 1. The highest BCUT2D eigenvalue weighted by Crippen LogP contribution is 2.47. The summed E-state index contributed by atoms with van der Waals surface area (Å²) in [4.78, 5) is 0. The van der Waals surface area contributed by atoms with Crippen LogP contribution in [-0.2, 0) is 0 Å². The molecule has 3 fully saturated rings. The van der Waals surface area contributed by atoms with Crippen LogP contribution in [-0.4, -0.2) is 12.6 Å². The maximum atomic E-state index is 3.75. The molecule has 3 saturated carbocycles. The maximum absolute atomic E-state index is 3.75. The highest BCUT2D eigenvalue weighted by molar-refractivity contribution is 4.92. The van der Waals surface area contributed by atoms with Gasteiger partial charge in [0.05, 0.1) is 0 Å². The van der Waals surface area contributed by atoms with Crippen LogP contribution >= 0.6 is 0 Å². The van der Waals surface area contributed by atoms with Crippen molar-refractivity contribution in [3.8, 4) is 0 Å². The van der Waals surface area contributed by atoms with Crippen molar-refractivity contribution in [2.45, 2.75) is 64.8 Å². The number of hydrogen-bond acceptors (Lipinski definition) is 1. The zero-order valence-corrected chi connectivity index (χ0v) is 11.6. The van der Waals surface area contributed by atoms with Crippen LogP contribution in [0.4, 0.5) is 0 Å². The van der Waals surface area contributed by atoms with E-state index >= 15 is 0 Å². The zero-order chi connectivity index (χ0) is 11.8. The van der Waals surface area contributed by atoms with E-state index in [9.17, 15) is 0 Å². The van der Waals surface area contributed by atoms with Gasteiger partial charge >= 0.3 is 0 Å². The average Bonchev–Trinajstić information content (AvgIpc) is 3.06. The molecule has 0 heterocycles. The average molecular weight is 235 g/mol. The molecule has 0 saturated heterocycles. The van der Waals surface area contributed by atoms with Crippen LogP contribution < -0.4 is 5.32 Å². The van der Waals surface area contributed by atoms with Gasteiger partial charge < -0.3 is 5.32 Å². The van der Waals surface area contributed by atoms with Crippen molar-refractivity contribution in [2.75, 3.05) is 6.54 Å². The standard InChI is InChI=1S/C16H29N/c1-11-3-4-13(9-12(11)2)16-8-5-14(16)10-17-15-6-7-15/h11-17H,3-10H2,1-2H3. The maximum Gasteiger partial charge on any atom is 0.00683 e. The predicted molar refractivity (Wildman–Crippen MR) is 72.9 cm³/mol. The summed E-state index contributed by atoms with van der Waals surface area (Å²) >= 11 is 0. The first-order chi connectivity index (χ1) is 8.24. The van der Waals surface area contributed by atoms with Crippen LogP contribution in [0.3, 0.4) is 0 Å². The largest absolute Gasteiger partial charge is 0.314 e. The van der Waals surface area contributed by atoms with E-state index in [0.29, 0.717) is 0 Å². The summed E-state index contributed by atoms with van der Waals surface area (Å²) < 4.78 is 0. The van der Waals surface area contributed by atoms with Crippen LogP contribution in [0.15, 0.2) is 0 Å². The first kappa shape index (κ1) is 12.0. The lowest BCUT2D eigenvalue weighted by molar-refractivity contribution is 0.0505. The third-order valence-corrected chi connectivity index (χ3v) is 5.97. The molecule has 0 spiro atoms. The first-order valence-corrected chi connectivity index (χ1v) is 7.97. The molecule has 17 heavy (non-hydrogen) atoms. The second-order valence-electron chi connectivity index (χ2n) is 7.21. The summed E-state index contributed by atoms with van der Waals surface area (Å²) in [5, 5.41) is 3.75. The molecule has 3 aliphatic carbocycles. The monoisotopic (exact) mass is 235 g/mol. The molecule has 3 aliphatic rings. The summed E-state index contributed by atoms with van der Waals surface area (Å²) in [5.41, 5.74) is 0.